The molecule has 15 heavy (non-hydrogen) atoms. The molecule has 4 nitrogen and oxygen atoms in total. The highest BCUT2D eigenvalue weighted by Gasteiger charge is 2.12. The molecule has 1 amide bonds. The molecule has 0 bridgehead atoms. The lowest BCUT2D eigenvalue weighted by atomic mass is 10.2. The van der Waals surface area contributed by atoms with Crippen molar-refractivity contribution in [3.63, 3.8) is 0 Å². The minimum Gasteiger partial charge on any atom is -0.469 e. The molecule has 0 aromatic rings. The lowest BCUT2D eigenvalue weighted by Gasteiger charge is -2.07. The third kappa shape index (κ3) is 7.25. The number of carbonyl (C=O) groups is 2. The summed E-state index contributed by atoms with van der Waals surface area (Å²) in [4.78, 5) is 21.9. The normalized spacial score (nSPS) is 11.9. The second kappa shape index (κ2) is 8.59. The summed E-state index contributed by atoms with van der Waals surface area (Å²) in [5, 5.41) is 2.57. The fourth-order valence-electron chi connectivity index (χ4n) is 0.989. The lowest BCUT2D eigenvalue weighted by molar-refractivity contribution is -0.144. The highest BCUT2D eigenvalue weighted by Crippen LogP contribution is 2.11. The number of ether oxygens (including phenoxy) is 1. The van der Waals surface area contributed by atoms with Gasteiger partial charge in [-0.1, -0.05) is 6.92 Å². The van der Waals surface area contributed by atoms with E-state index in [1.807, 2.05) is 6.92 Å². The van der Waals surface area contributed by atoms with Crippen LogP contribution in [0.3, 0.4) is 0 Å². The van der Waals surface area contributed by atoms with Crippen LogP contribution in [0.4, 0.5) is 0 Å². The largest absolute Gasteiger partial charge is 0.469 e. The zero-order valence-electron chi connectivity index (χ0n) is 9.54. The van der Waals surface area contributed by atoms with Crippen LogP contribution < -0.4 is 5.32 Å². The molecular formula is C10H19NO3S. The molecule has 5 heteroatoms. The summed E-state index contributed by atoms with van der Waals surface area (Å²) in [6, 6.07) is 0. The van der Waals surface area contributed by atoms with Crippen molar-refractivity contribution < 1.29 is 14.3 Å². The van der Waals surface area contributed by atoms with Crippen LogP contribution >= 0.6 is 11.8 Å². The molecule has 0 saturated heterocycles. The van der Waals surface area contributed by atoms with Crippen LogP contribution in [0.1, 0.15) is 19.8 Å². The molecule has 1 N–H and O–H groups in total. The van der Waals surface area contributed by atoms with Gasteiger partial charge in [0.05, 0.1) is 13.0 Å². The Morgan fingerprint density at radius 1 is 1.47 bits per heavy atom. The van der Waals surface area contributed by atoms with Crippen molar-refractivity contribution in [2.45, 2.75) is 19.8 Å². The van der Waals surface area contributed by atoms with E-state index in [0.717, 1.165) is 17.9 Å². The predicted molar refractivity (Wildman–Crippen MR) is 61.8 cm³/mol. The topological polar surface area (TPSA) is 55.4 Å². The summed E-state index contributed by atoms with van der Waals surface area (Å²) in [6.45, 7) is 1.84. The van der Waals surface area contributed by atoms with Crippen LogP contribution in [-0.2, 0) is 14.3 Å². The van der Waals surface area contributed by atoms with E-state index in [9.17, 15) is 9.59 Å². The Bertz CT molecular complexity index is 209. The van der Waals surface area contributed by atoms with Crippen LogP contribution in [0.5, 0.6) is 0 Å². The van der Waals surface area contributed by atoms with Gasteiger partial charge in [0.15, 0.2) is 0 Å². The standard InChI is InChI=1S/C10H19NO3S/c1-8(10(13)14-3)7-15-6-4-5-9(12)11-2/h8H,4-7H2,1-3H3,(H,11,12). The van der Waals surface area contributed by atoms with E-state index in [1.54, 1.807) is 18.8 Å². The molecule has 1 atom stereocenters. The van der Waals surface area contributed by atoms with Crippen LogP contribution in [0.2, 0.25) is 0 Å². The Labute approximate surface area is 95.1 Å². The van der Waals surface area contributed by atoms with E-state index >= 15 is 0 Å². The molecule has 0 fully saturated rings. The Hall–Kier alpha value is -0.710. The first-order valence-corrected chi connectivity index (χ1v) is 6.13. The number of carbonyl (C=O) groups excluding carboxylic acids is 2. The molecule has 0 radical (unpaired) electrons. The second-order valence-electron chi connectivity index (χ2n) is 3.28. The molecule has 0 heterocycles. The maximum atomic E-state index is 11.0. The Kier molecular flexibility index (Phi) is 8.18. The molecule has 0 aliphatic rings. The van der Waals surface area contributed by atoms with Gasteiger partial charge in [-0.25, -0.2) is 0 Å². The summed E-state index contributed by atoms with van der Waals surface area (Å²) in [5.74, 6) is 1.47. The molecule has 0 aliphatic carbocycles. The van der Waals surface area contributed by atoms with Crippen molar-refractivity contribution in [3.8, 4) is 0 Å². The highest BCUT2D eigenvalue weighted by molar-refractivity contribution is 7.99. The van der Waals surface area contributed by atoms with Gasteiger partial charge in [-0.2, -0.15) is 11.8 Å². The number of rotatable bonds is 7. The van der Waals surface area contributed by atoms with Gasteiger partial charge in [0.1, 0.15) is 0 Å². The van der Waals surface area contributed by atoms with E-state index in [-0.39, 0.29) is 17.8 Å². The van der Waals surface area contributed by atoms with E-state index in [1.165, 1.54) is 7.11 Å². The van der Waals surface area contributed by atoms with Gasteiger partial charge in [-0.05, 0) is 12.2 Å². The number of methoxy groups -OCH3 is 1. The molecule has 1 unspecified atom stereocenters. The predicted octanol–water partition coefficient (Wildman–Crippen LogP) is 1.05. The minimum absolute atomic E-state index is 0.0663. The van der Waals surface area contributed by atoms with Gasteiger partial charge in [0.25, 0.3) is 0 Å². The SMILES string of the molecule is CNC(=O)CCCSCC(C)C(=O)OC. The van der Waals surface area contributed by atoms with Crippen molar-refractivity contribution in [2.75, 3.05) is 25.7 Å². The number of thioether (sulfide) groups is 1. The monoisotopic (exact) mass is 233 g/mol. The molecule has 0 aromatic heterocycles. The van der Waals surface area contributed by atoms with Gasteiger partial charge in [-0.3, -0.25) is 9.59 Å². The summed E-state index contributed by atoms with van der Waals surface area (Å²) in [6.07, 6.45) is 1.40. The summed E-state index contributed by atoms with van der Waals surface area (Å²) >= 11 is 1.68. The van der Waals surface area contributed by atoms with Crippen LogP contribution in [0.15, 0.2) is 0 Å². The summed E-state index contributed by atoms with van der Waals surface area (Å²) < 4.78 is 4.61. The Morgan fingerprint density at radius 2 is 2.13 bits per heavy atom. The number of hydrogen-bond acceptors (Lipinski definition) is 4. The Balaban J connectivity index is 3.38. The third-order valence-corrected chi connectivity index (χ3v) is 3.26. The smallest absolute Gasteiger partial charge is 0.309 e. The fourth-order valence-corrected chi connectivity index (χ4v) is 1.99. The lowest BCUT2D eigenvalue weighted by Crippen LogP contribution is -2.17. The van der Waals surface area contributed by atoms with Crippen molar-refractivity contribution in [3.05, 3.63) is 0 Å². The highest BCUT2D eigenvalue weighted by atomic mass is 32.2. The van der Waals surface area contributed by atoms with Gasteiger partial charge in [-0.15, -0.1) is 0 Å². The van der Waals surface area contributed by atoms with E-state index in [2.05, 4.69) is 10.1 Å². The molecule has 0 aromatic carbocycles. The van der Waals surface area contributed by atoms with Gasteiger partial charge < -0.3 is 10.1 Å². The van der Waals surface area contributed by atoms with E-state index in [0.29, 0.717) is 6.42 Å². The third-order valence-electron chi connectivity index (χ3n) is 1.94. The van der Waals surface area contributed by atoms with Crippen molar-refractivity contribution in [1.29, 1.82) is 0 Å². The van der Waals surface area contributed by atoms with E-state index < -0.39 is 0 Å². The molecule has 0 saturated carbocycles. The first-order chi connectivity index (χ1) is 7.11. The van der Waals surface area contributed by atoms with Gasteiger partial charge in [0.2, 0.25) is 5.91 Å². The average Bonchev–Trinajstić information content (AvgIpc) is 2.26. The fraction of sp³-hybridized carbons (Fsp3) is 0.800. The first-order valence-electron chi connectivity index (χ1n) is 4.98. The maximum absolute atomic E-state index is 11.0. The minimum atomic E-state index is -0.172. The Morgan fingerprint density at radius 3 is 2.67 bits per heavy atom. The van der Waals surface area contributed by atoms with Crippen LogP contribution in [0, 0.1) is 5.92 Å². The maximum Gasteiger partial charge on any atom is 0.309 e. The zero-order chi connectivity index (χ0) is 11.7. The molecule has 0 aliphatic heterocycles. The molecule has 0 rings (SSSR count). The van der Waals surface area contributed by atoms with Crippen LogP contribution in [-0.4, -0.2) is 37.5 Å². The van der Waals surface area contributed by atoms with E-state index in [4.69, 9.17) is 0 Å². The molecule has 88 valence electrons. The average molecular weight is 233 g/mol. The molecular weight excluding hydrogens is 214 g/mol. The van der Waals surface area contributed by atoms with Crippen molar-refractivity contribution in [2.24, 2.45) is 5.92 Å². The number of nitrogens with one attached hydrogen (secondary N) is 1. The van der Waals surface area contributed by atoms with Crippen LogP contribution in [0.25, 0.3) is 0 Å². The van der Waals surface area contributed by atoms with Crippen molar-refractivity contribution >= 4 is 23.6 Å². The molecule has 0 spiro atoms. The quantitative estimate of drug-likeness (QED) is 0.527. The number of esters is 1. The number of amides is 1. The van der Waals surface area contributed by atoms with Crippen molar-refractivity contribution in [1.82, 2.24) is 5.32 Å². The zero-order valence-corrected chi connectivity index (χ0v) is 10.4. The van der Waals surface area contributed by atoms with Gasteiger partial charge >= 0.3 is 5.97 Å². The summed E-state index contributed by atoms with van der Waals surface area (Å²) in [5.41, 5.74) is 0. The number of hydrogen-bond donors (Lipinski definition) is 1. The summed E-state index contributed by atoms with van der Waals surface area (Å²) in [7, 11) is 3.03. The first kappa shape index (κ1) is 14.3. The van der Waals surface area contributed by atoms with Gasteiger partial charge in [0, 0.05) is 19.2 Å². The second-order valence-corrected chi connectivity index (χ2v) is 4.43.